The zero-order chi connectivity index (χ0) is 23.0. The van der Waals surface area contributed by atoms with Crippen molar-refractivity contribution >= 4 is 17.7 Å². The van der Waals surface area contributed by atoms with Crippen LogP contribution in [0, 0.1) is 18.3 Å². The minimum atomic E-state index is -0.154. The van der Waals surface area contributed by atoms with Crippen molar-refractivity contribution in [2.45, 2.75) is 40.0 Å². The van der Waals surface area contributed by atoms with Crippen LogP contribution in [0.15, 0.2) is 24.3 Å². The fourth-order valence-electron chi connectivity index (χ4n) is 4.14. The van der Waals surface area contributed by atoms with Gasteiger partial charge in [-0.25, -0.2) is 0 Å². The molecular weight excluding hydrogens is 392 g/mol. The van der Waals surface area contributed by atoms with E-state index in [1.165, 1.54) is 0 Å². The number of nitrogens with one attached hydrogen (secondary N) is 2. The minimum Gasteiger partial charge on any atom is -0.355 e. The molecule has 1 aromatic carbocycles. The Hall–Kier alpha value is -2.41. The summed E-state index contributed by atoms with van der Waals surface area (Å²) in [5.74, 6) is -0.0843. The van der Waals surface area contributed by atoms with Crippen molar-refractivity contribution in [2.24, 2.45) is 11.3 Å². The third-order valence-corrected chi connectivity index (χ3v) is 5.72. The number of carbonyl (C=O) groups is 3. The molecule has 1 fully saturated rings. The molecule has 0 saturated carbocycles. The molecule has 1 aromatic rings. The van der Waals surface area contributed by atoms with Crippen LogP contribution >= 0.6 is 0 Å². The van der Waals surface area contributed by atoms with Gasteiger partial charge in [0.05, 0.1) is 0 Å². The fourth-order valence-corrected chi connectivity index (χ4v) is 4.14. The van der Waals surface area contributed by atoms with Gasteiger partial charge < -0.3 is 20.4 Å². The molecule has 2 N–H and O–H groups in total. The van der Waals surface area contributed by atoms with Crippen LogP contribution in [-0.2, 0) is 9.59 Å². The molecule has 1 aliphatic rings. The molecule has 3 amide bonds. The molecule has 1 aliphatic heterocycles. The first-order valence-electron chi connectivity index (χ1n) is 11.1. The zero-order valence-electron chi connectivity index (χ0n) is 19.7. The van der Waals surface area contributed by atoms with Gasteiger partial charge in [0.1, 0.15) is 0 Å². The van der Waals surface area contributed by atoms with Crippen molar-refractivity contribution in [3.05, 3.63) is 35.4 Å². The first-order chi connectivity index (χ1) is 14.6. The second-order valence-corrected chi connectivity index (χ2v) is 9.60. The van der Waals surface area contributed by atoms with Gasteiger partial charge in [0.25, 0.3) is 5.91 Å². The summed E-state index contributed by atoms with van der Waals surface area (Å²) in [5.41, 5.74) is 1.56. The average molecular weight is 431 g/mol. The summed E-state index contributed by atoms with van der Waals surface area (Å²) in [4.78, 5) is 41.2. The van der Waals surface area contributed by atoms with Crippen LogP contribution in [0.3, 0.4) is 0 Å². The Morgan fingerprint density at radius 3 is 2.35 bits per heavy atom. The lowest BCUT2D eigenvalue weighted by Gasteiger charge is -2.33. The van der Waals surface area contributed by atoms with Crippen molar-refractivity contribution in [3.63, 3.8) is 0 Å². The summed E-state index contributed by atoms with van der Waals surface area (Å²) in [6.45, 7) is 9.22. The molecule has 7 heteroatoms. The van der Waals surface area contributed by atoms with Gasteiger partial charge in [0.2, 0.25) is 11.8 Å². The van der Waals surface area contributed by atoms with Crippen LogP contribution in [0.5, 0.6) is 0 Å². The summed E-state index contributed by atoms with van der Waals surface area (Å²) in [6.07, 6.45) is 1.63. The van der Waals surface area contributed by atoms with E-state index in [9.17, 15) is 14.4 Å². The SMILES string of the molecule is Cc1ccccc1C(=O)NCCC(=O)N1CCC(C(=O)NCC(C)(C)CN(C)C)CC1. The van der Waals surface area contributed by atoms with E-state index in [1.807, 2.05) is 39.2 Å². The second kappa shape index (κ2) is 11.3. The van der Waals surface area contributed by atoms with Gasteiger partial charge in [-0.15, -0.1) is 0 Å². The zero-order valence-corrected chi connectivity index (χ0v) is 19.7. The van der Waals surface area contributed by atoms with Crippen LogP contribution < -0.4 is 10.6 Å². The minimum absolute atomic E-state index is 0.0125. The van der Waals surface area contributed by atoms with Crippen LogP contribution in [0.1, 0.15) is 49.0 Å². The van der Waals surface area contributed by atoms with Gasteiger partial charge in [0, 0.05) is 50.6 Å². The highest BCUT2D eigenvalue weighted by Gasteiger charge is 2.28. The number of aryl methyl sites for hydroxylation is 1. The summed E-state index contributed by atoms with van der Waals surface area (Å²) in [6, 6.07) is 7.40. The third kappa shape index (κ3) is 7.98. The largest absolute Gasteiger partial charge is 0.355 e. The maximum absolute atomic E-state index is 12.5. The quantitative estimate of drug-likeness (QED) is 0.628. The van der Waals surface area contributed by atoms with Gasteiger partial charge in [-0.2, -0.15) is 0 Å². The molecule has 1 heterocycles. The second-order valence-electron chi connectivity index (χ2n) is 9.60. The third-order valence-electron chi connectivity index (χ3n) is 5.72. The topological polar surface area (TPSA) is 81.8 Å². The Morgan fingerprint density at radius 1 is 1.10 bits per heavy atom. The van der Waals surface area contributed by atoms with Crippen LogP contribution in [0.25, 0.3) is 0 Å². The first kappa shape index (κ1) is 24.9. The number of rotatable bonds is 9. The monoisotopic (exact) mass is 430 g/mol. The molecule has 1 saturated heterocycles. The van der Waals surface area contributed by atoms with E-state index in [-0.39, 0.29) is 35.5 Å². The summed E-state index contributed by atoms with van der Waals surface area (Å²) in [5, 5.41) is 5.92. The van der Waals surface area contributed by atoms with E-state index >= 15 is 0 Å². The predicted molar refractivity (Wildman–Crippen MR) is 123 cm³/mol. The van der Waals surface area contributed by atoms with E-state index in [0.717, 1.165) is 12.1 Å². The smallest absolute Gasteiger partial charge is 0.251 e. The van der Waals surface area contributed by atoms with Crippen molar-refractivity contribution in [1.29, 1.82) is 0 Å². The Kier molecular flexibility index (Phi) is 9.04. The Balaban J connectivity index is 1.69. The van der Waals surface area contributed by atoms with E-state index in [2.05, 4.69) is 29.4 Å². The van der Waals surface area contributed by atoms with E-state index in [1.54, 1.807) is 11.0 Å². The number of nitrogens with zero attached hydrogens (tertiary/aromatic N) is 2. The van der Waals surface area contributed by atoms with Crippen molar-refractivity contribution in [2.75, 3.05) is 46.8 Å². The molecule has 7 nitrogen and oxygen atoms in total. The first-order valence-corrected chi connectivity index (χ1v) is 11.1. The van der Waals surface area contributed by atoms with Crippen molar-refractivity contribution < 1.29 is 14.4 Å². The number of piperidine rings is 1. The molecule has 172 valence electrons. The predicted octanol–water partition coefficient (Wildman–Crippen LogP) is 2.06. The number of carbonyl (C=O) groups excluding carboxylic acids is 3. The number of amides is 3. The molecule has 2 rings (SSSR count). The lowest BCUT2D eigenvalue weighted by Crippen LogP contribution is -2.46. The molecule has 0 bridgehead atoms. The maximum Gasteiger partial charge on any atom is 0.251 e. The fraction of sp³-hybridized carbons (Fsp3) is 0.625. The molecule has 0 unspecified atom stereocenters. The molecular formula is C24H38N4O3. The number of hydrogen-bond donors (Lipinski definition) is 2. The van der Waals surface area contributed by atoms with Gasteiger partial charge in [0.15, 0.2) is 0 Å². The molecule has 0 aliphatic carbocycles. The average Bonchev–Trinajstić information content (AvgIpc) is 2.71. The van der Waals surface area contributed by atoms with E-state index < -0.39 is 0 Å². The summed E-state index contributed by atoms with van der Waals surface area (Å²) < 4.78 is 0. The van der Waals surface area contributed by atoms with Crippen LogP contribution in [0.4, 0.5) is 0 Å². The lowest BCUT2D eigenvalue weighted by molar-refractivity contribution is -0.135. The normalized spacial score (nSPS) is 15.1. The molecule has 0 atom stereocenters. The van der Waals surface area contributed by atoms with Crippen molar-refractivity contribution in [3.8, 4) is 0 Å². The Bertz CT molecular complexity index is 768. The number of benzene rings is 1. The van der Waals surface area contributed by atoms with Crippen LogP contribution in [-0.4, -0.2) is 74.3 Å². The van der Waals surface area contributed by atoms with E-state index in [0.29, 0.717) is 44.6 Å². The Labute approximate surface area is 186 Å². The van der Waals surface area contributed by atoms with Gasteiger partial charge >= 0.3 is 0 Å². The molecule has 31 heavy (non-hydrogen) atoms. The molecule has 0 radical (unpaired) electrons. The summed E-state index contributed by atoms with van der Waals surface area (Å²) >= 11 is 0. The standard InChI is InChI=1S/C24H38N4O3/c1-18-8-6-7-9-20(18)23(31)25-13-10-21(29)28-14-11-19(12-15-28)22(30)26-16-24(2,3)17-27(4)5/h6-9,19H,10-17H2,1-5H3,(H,25,31)(H,26,30). The highest BCUT2D eigenvalue weighted by molar-refractivity contribution is 5.95. The number of likely N-dealkylation sites (tertiary alicyclic amines) is 1. The van der Waals surface area contributed by atoms with Crippen LogP contribution in [0.2, 0.25) is 0 Å². The highest BCUT2D eigenvalue weighted by atomic mass is 16.2. The van der Waals surface area contributed by atoms with Crippen molar-refractivity contribution in [1.82, 2.24) is 20.4 Å². The lowest BCUT2D eigenvalue weighted by atomic mass is 9.91. The van der Waals surface area contributed by atoms with E-state index in [4.69, 9.17) is 0 Å². The summed E-state index contributed by atoms with van der Waals surface area (Å²) in [7, 11) is 4.06. The van der Waals surface area contributed by atoms with Gasteiger partial charge in [-0.3, -0.25) is 14.4 Å². The molecule has 0 aromatic heterocycles. The maximum atomic E-state index is 12.5. The Morgan fingerprint density at radius 2 is 1.74 bits per heavy atom. The highest BCUT2D eigenvalue weighted by Crippen LogP contribution is 2.19. The van der Waals surface area contributed by atoms with Gasteiger partial charge in [-0.05, 0) is 50.9 Å². The molecule has 0 spiro atoms. The number of hydrogen-bond acceptors (Lipinski definition) is 4. The van der Waals surface area contributed by atoms with Gasteiger partial charge in [-0.1, -0.05) is 32.0 Å².